The molecule has 0 amide bonds. The monoisotopic (exact) mass is 284 g/mol. The number of rotatable bonds is 3. The molecule has 0 bridgehead atoms. The van der Waals surface area contributed by atoms with Crippen molar-refractivity contribution in [2.24, 2.45) is 0 Å². The fourth-order valence-electron chi connectivity index (χ4n) is 1.05. The molecule has 0 atom stereocenters. The van der Waals surface area contributed by atoms with Crippen molar-refractivity contribution in [2.75, 3.05) is 18.8 Å². The molecule has 0 saturated carbocycles. The van der Waals surface area contributed by atoms with Crippen LogP contribution in [0.15, 0.2) is 24.3 Å². The Hall–Kier alpha value is -0.230. The Labute approximate surface area is 135 Å². The number of benzene rings is 1. The van der Waals surface area contributed by atoms with Gasteiger partial charge >= 0.3 is 49.7 Å². The van der Waals surface area contributed by atoms with Crippen molar-refractivity contribution in [3.63, 3.8) is 0 Å². The molecule has 0 fully saturated rings. The standard InChI is InChI=1S/C11H14O4S.Ca.2H/c1-16(2,3)15-11(14)9-6-4-5-8(7-9)10(12)13;;;/h4-7H,1-3H3,(H,12,13);;;/q;+2;2*-1. The summed E-state index contributed by atoms with van der Waals surface area (Å²) in [5, 5.41) is 8.78. The molecule has 0 aromatic heterocycles. The van der Waals surface area contributed by atoms with Crippen LogP contribution in [0.4, 0.5) is 0 Å². The summed E-state index contributed by atoms with van der Waals surface area (Å²) < 4.78 is 5.21. The summed E-state index contributed by atoms with van der Waals surface area (Å²) in [6.07, 6.45) is 5.52. The van der Waals surface area contributed by atoms with Gasteiger partial charge in [0.15, 0.2) is 0 Å². The fourth-order valence-corrected chi connectivity index (χ4v) is 1.60. The van der Waals surface area contributed by atoms with Crippen LogP contribution >= 0.6 is 10.3 Å². The molecule has 17 heavy (non-hydrogen) atoms. The third-order valence-corrected chi connectivity index (χ3v) is 2.32. The Kier molecular flexibility index (Phi) is 6.55. The SMILES string of the molecule is CS(C)(C)OC(=O)c1cccc(C(=O)O)c1.[Ca+2].[H-].[H-]. The second-order valence-corrected chi connectivity index (χ2v) is 7.60. The Morgan fingerprint density at radius 2 is 1.76 bits per heavy atom. The van der Waals surface area contributed by atoms with E-state index >= 15 is 0 Å². The molecule has 4 nitrogen and oxygen atoms in total. The van der Waals surface area contributed by atoms with E-state index in [1.54, 1.807) is 6.07 Å². The van der Waals surface area contributed by atoms with Crippen molar-refractivity contribution < 1.29 is 21.7 Å². The maximum absolute atomic E-state index is 11.6. The minimum Gasteiger partial charge on any atom is -1.00 e. The van der Waals surface area contributed by atoms with Crippen LogP contribution in [0.5, 0.6) is 0 Å². The molecule has 92 valence electrons. The van der Waals surface area contributed by atoms with Crippen molar-refractivity contribution in [1.29, 1.82) is 0 Å². The van der Waals surface area contributed by atoms with Gasteiger partial charge in [-0.2, -0.15) is 0 Å². The van der Waals surface area contributed by atoms with Crippen LogP contribution in [0.25, 0.3) is 0 Å². The Morgan fingerprint density at radius 1 is 1.24 bits per heavy atom. The largest absolute Gasteiger partial charge is 2.00 e. The van der Waals surface area contributed by atoms with Gasteiger partial charge in [0, 0.05) is 0 Å². The van der Waals surface area contributed by atoms with Gasteiger partial charge in [-0.25, -0.2) is 9.59 Å². The number of aromatic carboxylic acids is 1. The van der Waals surface area contributed by atoms with Crippen molar-refractivity contribution in [1.82, 2.24) is 0 Å². The molecule has 0 heterocycles. The van der Waals surface area contributed by atoms with Gasteiger partial charge < -0.3 is 12.1 Å². The summed E-state index contributed by atoms with van der Waals surface area (Å²) in [7, 11) is -1.40. The molecule has 0 aliphatic heterocycles. The van der Waals surface area contributed by atoms with Crippen molar-refractivity contribution >= 4 is 60.0 Å². The van der Waals surface area contributed by atoms with E-state index in [0.29, 0.717) is 0 Å². The predicted octanol–water partition coefficient (Wildman–Crippen LogP) is 1.99. The molecule has 0 spiro atoms. The molecule has 1 rings (SSSR count). The van der Waals surface area contributed by atoms with Gasteiger partial charge in [0.2, 0.25) is 0 Å². The number of hydrogen-bond acceptors (Lipinski definition) is 3. The quantitative estimate of drug-likeness (QED) is 0.862. The first-order valence-electron chi connectivity index (χ1n) is 4.55. The minimum atomic E-state index is -1.40. The van der Waals surface area contributed by atoms with Crippen LogP contribution in [0.3, 0.4) is 0 Å². The normalized spacial score (nSPS) is 11.2. The molecular weight excluding hydrogens is 268 g/mol. The van der Waals surface area contributed by atoms with Gasteiger partial charge in [-0.15, -0.1) is 0 Å². The molecule has 0 radical (unpaired) electrons. The molecule has 1 aromatic rings. The third-order valence-electron chi connectivity index (χ3n) is 1.67. The average molecular weight is 284 g/mol. The Morgan fingerprint density at radius 3 is 2.24 bits per heavy atom. The molecule has 1 N–H and O–H groups in total. The summed E-state index contributed by atoms with van der Waals surface area (Å²) >= 11 is 0. The van der Waals surface area contributed by atoms with Crippen molar-refractivity contribution in [2.45, 2.75) is 0 Å². The van der Waals surface area contributed by atoms with Crippen molar-refractivity contribution in [3.05, 3.63) is 35.4 Å². The first-order chi connectivity index (χ1) is 7.29. The van der Waals surface area contributed by atoms with E-state index in [1.165, 1.54) is 18.2 Å². The number of carbonyl (C=O) groups is 2. The van der Waals surface area contributed by atoms with Crippen LogP contribution in [0, 0.1) is 0 Å². The maximum atomic E-state index is 11.6. The Bertz CT molecular complexity index is 435. The minimum absolute atomic E-state index is 0. The first-order valence-corrected chi connectivity index (χ1v) is 7.33. The topological polar surface area (TPSA) is 63.6 Å². The number of carboxylic acids is 1. The van der Waals surface area contributed by atoms with E-state index in [1.807, 2.05) is 18.8 Å². The summed E-state index contributed by atoms with van der Waals surface area (Å²) in [5.74, 6) is -1.54. The average Bonchev–Trinajstić information content (AvgIpc) is 2.15. The summed E-state index contributed by atoms with van der Waals surface area (Å²) in [4.78, 5) is 22.4. The zero-order valence-corrected chi connectivity index (χ0v) is 13.1. The zero-order valence-electron chi connectivity index (χ0n) is 12.1. The van der Waals surface area contributed by atoms with Crippen LogP contribution in [-0.2, 0) is 4.18 Å². The Balaban J connectivity index is -0.000000853. The van der Waals surface area contributed by atoms with Crippen LogP contribution < -0.4 is 0 Å². The summed E-state index contributed by atoms with van der Waals surface area (Å²) in [6, 6.07) is 5.82. The van der Waals surface area contributed by atoms with Gasteiger partial charge in [-0.1, -0.05) is 16.4 Å². The van der Waals surface area contributed by atoms with Gasteiger partial charge in [0.1, 0.15) is 0 Å². The maximum Gasteiger partial charge on any atom is 2.00 e. The van der Waals surface area contributed by atoms with Gasteiger partial charge in [-0.3, -0.25) is 0 Å². The molecule has 0 unspecified atom stereocenters. The molecule has 6 heteroatoms. The van der Waals surface area contributed by atoms with E-state index in [4.69, 9.17) is 9.29 Å². The first kappa shape index (κ1) is 16.8. The van der Waals surface area contributed by atoms with Crippen molar-refractivity contribution in [3.8, 4) is 0 Å². The molecular formula is C11H16CaO4S. The number of hydrogen-bond donors (Lipinski definition) is 1. The zero-order chi connectivity index (χ0) is 12.3. The fraction of sp³-hybridized carbons (Fsp3) is 0.273. The van der Waals surface area contributed by atoms with Gasteiger partial charge in [0.05, 0.1) is 11.1 Å². The third kappa shape index (κ3) is 5.77. The van der Waals surface area contributed by atoms with E-state index in [-0.39, 0.29) is 51.7 Å². The predicted molar refractivity (Wildman–Crippen MR) is 72.2 cm³/mol. The van der Waals surface area contributed by atoms with Crippen LogP contribution in [0.1, 0.15) is 23.6 Å². The van der Waals surface area contributed by atoms with E-state index in [9.17, 15) is 9.59 Å². The smallest absolute Gasteiger partial charge is 1.00 e. The van der Waals surface area contributed by atoms with Gasteiger partial charge in [0.25, 0.3) is 0 Å². The summed E-state index contributed by atoms with van der Waals surface area (Å²) in [5.41, 5.74) is 0.348. The van der Waals surface area contributed by atoms with E-state index in [2.05, 4.69) is 0 Å². The second kappa shape index (κ2) is 6.64. The second-order valence-electron chi connectivity index (χ2n) is 3.98. The van der Waals surface area contributed by atoms with Gasteiger partial charge in [-0.05, 0) is 37.0 Å². The number of carboxylic acid groups (broad SMARTS) is 1. The van der Waals surface area contributed by atoms with E-state index < -0.39 is 22.2 Å². The van der Waals surface area contributed by atoms with Crippen LogP contribution in [-0.4, -0.2) is 73.6 Å². The molecule has 0 saturated heterocycles. The number of carbonyl (C=O) groups excluding carboxylic acids is 1. The molecule has 0 aliphatic rings. The van der Waals surface area contributed by atoms with E-state index in [0.717, 1.165) is 0 Å². The van der Waals surface area contributed by atoms with Crippen LogP contribution in [0.2, 0.25) is 0 Å². The molecule has 1 aromatic carbocycles. The summed E-state index contributed by atoms with van der Waals surface area (Å²) in [6.45, 7) is 0. The molecule has 0 aliphatic carbocycles.